The van der Waals surface area contributed by atoms with E-state index >= 15 is 0 Å². The van der Waals surface area contributed by atoms with Crippen molar-refractivity contribution < 1.29 is 15.0 Å². The second-order valence-electron chi connectivity index (χ2n) is 2.91. The van der Waals surface area contributed by atoms with Crippen molar-refractivity contribution in [1.82, 2.24) is 0 Å². The predicted molar refractivity (Wildman–Crippen MR) is 53.5 cm³/mol. The number of carbonyl (C=O) groups is 1. The fraction of sp³-hybridized carbons (Fsp3) is 0.300. The lowest BCUT2D eigenvalue weighted by atomic mass is 10.1. The first-order valence-electron chi connectivity index (χ1n) is 4.42. The van der Waals surface area contributed by atoms with Crippen molar-refractivity contribution in [2.75, 3.05) is 11.9 Å². The first-order valence-corrected chi connectivity index (χ1v) is 4.42. The van der Waals surface area contributed by atoms with Gasteiger partial charge in [0.1, 0.15) is 0 Å². The van der Waals surface area contributed by atoms with Gasteiger partial charge in [-0.1, -0.05) is 18.2 Å². The molecule has 1 aromatic carbocycles. The number of hydrogen-bond acceptors (Lipinski definition) is 2. The summed E-state index contributed by atoms with van der Waals surface area (Å²) < 4.78 is 0. The number of hydrogen-bond donors (Lipinski definition) is 3. The van der Waals surface area contributed by atoms with Gasteiger partial charge in [-0.25, -0.2) is 4.79 Å². The fourth-order valence-corrected chi connectivity index (χ4v) is 1.24. The number of benzene rings is 1. The van der Waals surface area contributed by atoms with Crippen molar-refractivity contribution in [2.24, 2.45) is 0 Å². The summed E-state index contributed by atoms with van der Waals surface area (Å²) in [6.45, 7) is 0.113. The molecule has 0 aromatic heterocycles. The average Bonchev–Trinajstić information content (AvgIpc) is 2.16. The van der Waals surface area contributed by atoms with Crippen LogP contribution in [0, 0.1) is 0 Å². The van der Waals surface area contributed by atoms with Crippen LogP contribution in [-0.4, -0.2) is 22.9 Å². The van der Waals surface area contributed by atoms with Crippen LogP contribution in [0.1, 0.15) is 12.0 Å². The van der Waals surface area contributed by atoms with E-state index in [1.807, 2.05) is 12.1 Å². The minimum atomic E-state index is -1.07. The molecule has 0 saturated carbocycles. The first kappa shape index (κ1) is 10.5. The number of aliphatic hydroxyl groups excluding tert-OH is 1. The zero-order chi connectivity index (χ0) is 10.4. The van der Waals surface area contributed by atoms with E-state index in [-0.39, 0.29) is 6.61 Å². The van der Waals surface area contributed by atoms with Gasteiger partial charge in [-0.2, -0.15) is 0 Å². The van der Waals surface area contributed by atoms with Gasteiger partial charge in [0.25, 0.3) is 0 Å². The largest absolute Gasteiger partial charge is 0.465 e. The Kier molecular flexibility index (Phi) is 3.94. The average molecular weight is 195 g/mol. The summed E-state index contributed by atoms with van der Waals surface area (Å²) in [5.74, 6) is 0. The maximum absolute atomic E-state index is 10.4. The molecule has 0 aliphatic carbocycles. The molecule has 1 aromatic rings. The molecule has 76 valence electrons. The van der Waals surface area contributed by atoms with Crippen LogP contribution in [0.4, 0.5) is 10.5 Å². The van der Waals surface area contributed by atoms with E-state index in [1.54, 1.807) is 12.1 Å². The van der Waals surface area contributed by atoms with Crippen LogP contribution in [0.2, 0.25) is 0 Å². The van der Waals surface area contributed by atoms with Gasteiger partial charge in [-0.15, -0.1) is 0 Å². The molecule has 0 heterocycles. The van der Waals surface area contributed by atoms with Crippen molar-refractivity contribution in [1.29, 1.82) is 0 Å². The normalized spacial score (nSPS) is 9.79. The van der Waals surface area contributed by atoms with Gasteiger partial charge in [-0.3, -0.25) is 5.32 Å². The van der Waals surface area contributed by atoms with E-state index < -0.39 is 6.09 Å². The van der Waals surface area contributed by atoms with E-state index in [1.165, 1.54) is 0 Å². The highest BCUT2D eigenvalue weighted by atomic mass is 16.4. The summed E-state index contributed by atoms with van der Waals surface area (Å²) in [5, 5.41) is 19.5. The summed E-state index contributed by atoms with van der Waals surface area (Å²) in [6.07, 6.45) is 0.243. The van der Waals surface area contributed by atoms with Crippen LogP contribution < -0.4 is 5.32 Å². The molecule has 4 heteroatoms. The highest BCUT2D eigenvalue weighted by Crippen LogP contribution is 2.16. The first-order chi connectivity index (χ1) is 6.74. The van der Waals surface area contributed by atoms with Crippen molar-refractivity contribution in [2.45, 2.75) is 12.8 Å². The Morgan fingerprint density at radius 3 is 2.71 bits per heavy atom. The topological polar surface area (TPSA) is 69.6 Å². The SMILES string of the molecule is O=C(O)Nc1ccccc1CCCO. The third-order valence-electron chi connectivity index (χ3n) is 1.86. The Labute approximate surface area is 82.2 Å². The van der Waals surface area contributed by atoms with Crippen molar-refractivity contribution >= 4 is 11.8 Å². The molecule has 0 aliphatic rings. The highest BCUT2D eigenvalue weighted by Gasteiger charge is 2.03. The van der Waals surface area contributed by atoms with Gasteiger partial charge in [0.2, 0.25) is 0 Å². The summed E-state index contributed by atoms with van der Waals surface area (Å²) in [7, 11) is 0. The summed E-state index contributed by atoms with van der Waals surface area (Å²) in [6, 6.07) is 7.18. The number of anilines is 1. The molecule has 0 spiro atoms. The maximum atomic E-state index is 10.4. The van der Waals surface area contributed by atoms with Crippen LogP contribution in [0.5, 0.6) is 0 Å². The molecular weight excluding hydrogens is 182 g/mol. The molecule has 4 nitrogen and oxygen atoms in total. The minimum absolute atomic E-state index is 0.113. The summed E-state index contributed by atoms with van der Waals surface area (Å²) >= 11 is 0. The maximum Gasteiger partial charge on any atom is 0.409 e. The number of aliphatic hydroxyl groups is 1. The summed E-state index contributed by atoms with van der Waals surface area (Å²) in [4.78, 5) is 10.4. The van der Waals surface area contributed by atoms with Gasteiger partial charge in [-0.05, 0) is 24.5 Å². The molecule has 0 saturated heterocycles. The monoisotopic (exact) mass is 195 g/mol. The smallest absolute Gasteiger partial charge is 0.409 e. The predicted octanol–water partition coefficient (Wildman–Crippen LogP) is 1.70. The van der Waals surface area contributed by atoms with Crippen LogP contribution >= 0.6 is 0 Å². The Morgan fingerprint density at radius 1 is 1.36 bits per heavy atom. The van der Waals surface area contributed by atoms with Crippen molar-refractivity contribution in [3.05, 3.63) is 29.8 Å². The van der Waals surface area contributed by atoms with E-state index in [9.17, 15) is 4.79 Å². The lowest BCUT2D eigenvalue weighted by molar-refractivity contribution is 0.209. The van der Waals surface area contributed by atoms with Crippen molar-refractivity contribution in [3.8, 4) is 0 Å². The lowest BCUT2D eigenvalue weighted by Crippen LogP contribution is -2.09. The Hall–Kier alpha value is -1.55. The Balaban J connectivity index is 2.74. The van der Waals surface area contributed by atoms with Crippen molar-refractivity contribution in [3.63, 3.8) is 0 Å². The number of nitrogens with one attached hydrogen (secondary N) is 1. The molecule has 0 aliphatic heterocycles. The van der Waals surface area contributed by atoms with E-state index in [4.69, 9.17) is 10.2 Å². The number of aryl methyl sites for hydroxylation is 1. The second-order valence-corrected chi connectivity index (χ2v) is 2.91. The number of carboxylic acid groups (broad SMARTS) is 1. The fourth-order valence-electron chi connectivity index (χ4n) is 1.24. The van der Waals surface area contributed by atoms with Gasteiger partial charge < -0.3 is 10.2 Å². The second kappa shape index (κ2) is 5.24. The molecule has 14 heavy (non-hydrogen) atoms. The zero-order valence-electron chi connectivity index (χ0n) is 7.73. The van der Waals surface area contributed by atoms with Crippen LogP contribution in [0.25, 0.3) is 0 Å². The number of amides is 1. The standard InChI is InChI=1S/C10H13NO3/c12-7-3-5-8-4-1-2-6-9(8)11-10(13)14/h1-2,4,6,11-12H,3,5,7H2,(H,13,14). The van der Waals surface area contributed by atoms with Gasteiger partial charge >= 0.3 is 6.09 Å². The lowest BCUT2D eigenvalue weighted by Gasteiger charge is -2.07. The van der Waals surface area contributed by atoms with Gasteiger partial charge in [0.05, 0.1) is 0 Å². The Bertz CT molecular complexity index is 312. The number of para-hydroxylation sites is 1. The molecule has 1 rings (SSSR count). The van der Waals surface area contributed by atoms with E-state index in [2.05, 4.69) is 5.32 Å². The molecule has 0 bridgehead atoms. The minimum Gasteiger partial charge on any atom is -0.465 e. The van der Waals surface area contributed by atoms with Crippen LogP contribution in [0.3, 0.4) is 0 Å². The van der Waals surface area contributed by atoms with Gasteiger partial charge in [0.15, 0.2) is 0 Å². The third kappa shape index (κ3) is 3.06. The van der Waals surface area contributed by atoms with Crippen LogP contribution in [0.15, 0.2) is 24.3 Å². The van der Waals surface area contributed by atoms with E-state index in [0.717, 1.165) is 5.56 Å². The highest BCUT2D eigenvalue weighted by molar-refractivity contribution is 5.83. The Morgan fingerprint density at radius 2 is 2.07 bits per heavy atom. The number of rotatable bonds is 4. The molecule has 0 radical (unpaired) electrons. The summed E-state index contributed by atoms with van der Waals surface area (Å²) in [5.41, 5.74) is 1.50. The van der Waals surface area contributed by atoms with Gasteiger partial charge in [0, 0.05) is 12.3 Å². The zero-order valence-corrected chi connectivity index (χ0v) is 7.73. The molecule has 3 N–H and O–H groups in total. The molecule has 0 fully saturated rings. The third-order valence-corrected chi connectivity index (χ3v) is 1.86. The molecule has 0 unspecified atom stereocenters. The molecular formula is C10H13NO3. The molecule has 1 amide bonds. The van der Waals surface area contributed by atoms with E-state index in [0.29, 0.717) is 18.5 Å². The quantitative estimate of drug-likeness (QED) is 0.684. The molecule has 0 atom stereocenters. The van der Waals surface area contributed by atoms with Crippen LogP contribution in [-0.2, 0) is 6.42 Å².